The van der Waals surface area contributed by atoms with Gasteiger partial charge in [-0.2, -0.15) is 0 Å². The highest BCUT2D eigenvalue weighted by molar-refractivity contribution is 8.00. The number of aryl methyl sites for hydroxylation is 1. The second kappa shape index (κ2) is 12.8. The van der Waals surface area contributed by atoms with Gasteiger partial charge in [-0.25, -0.2) is 0 Å². The number of carbonyl (C=O) groups is 3. The molecule has 35 heavy (non-hydrogen) atoms. The Kier molecular flexibility index (Phi) is 9.78. The third-order valence-corrected chi connectivity index (χ3v) is 7.46. The predicted molar refractivity (Wildman–Crippen MR) is 143 cm³/mol. The van der Waals surface area contributed by atoms with E-state index in [2.05, 4.69) is 10.6 Å². The van der Waals surface area contributed by atoms with E-state index in [0.717, 1.165) is 23.3 Å². The van der Waals surface area contributed by atoms with E-state index in [1.807, 2.05) is 50.9 Å². The van der Waals surface area contributed by atoms with Crippen molar-refractivity contribution in [3.05, 3.63) is 59.2 Å². The van der Waals surface area contributed by atoms with Crippen LogP contribution in [0.25, 0.3) is 0 Å². The van der Waals surface area contributed by atoms with Crippen LogP contribution < -0.4 is 10.6 Å². The average molecular weight is 496 g/mol. The Balaban J connectivity index is 1.63. The average Bonchev–Trinajstić information content (AvgIpc) is 2.87. The zero-order valence-corrected chi connectivity index (χ0v) is 22.0. The first-order valence-electron chi connectivity index (χ1n) is 12.4. The van der Waals surface area contributed by atoms with Crippen molar-refractivity contribution in [2.45, 2.75) is 63.8 Å². The molecule has 1 aliphatic carbocycles. The van der Waals surface area contributed by atoms with Crippen LogP contribution in [0.1, 0.15) is 72.2 Å². The van der Waals surface area contributed by atoms with Gasteiger partial charge in [0.1, 0.15) is 0 Å². The quantitative estimate of drug-likeness (QED) is 0.449. The van der Waals surface area contributed by atoms with Crippen LogP contribution in [0.5, 0.6) is 0 Å². The Bertz CT molecular complexity index is 1050. The van der Waals surface area contributed by atoms with Gasteiger partial charge < -0.3 is 15.5 Å². The maximum absolute atomic E-state index is 13.1. The second-order valence-electron chi connectivity index (χ2n) is 9.67. The van der Waals surface area contributed by atoms with E-state index in [4.69, 9.17) is 0 Å². The highest BCUT2D eigenvalue weighted by Crippen LogP contribution is 2.27. The summed E-state index contributed by atoms with van der Waals surface area (Å²) in [5, 5.41) is 5.88. The topological polar surface area (TPSA) is 78.5 Å². The van der Waals surface area contributed by atoms with Crippen LogP contribution in [0.3, 0.4) is 0 Å². The molecule has 188 valence electrons. The summed E-state index contributed by atoms with van der Waals surface area (Å²) in [6.45, 7) is 6.58. The smallest absolute Gasteiger partial charge is 0.256 e. The van der Waals surface area contributed by atoms with Gasteiger partial charge in [0.05, 0.1) is 11.3 Å². The molecule has 0 unspecified atom stereocenters. The minimum Gasteiger partial charge on any atom is -0.352 e. The van der Waals surface area contributed by atoms with Gasteiger partial charge in [0, 0.05) is 35.8 Å². The second-order valence-corrected chi connectivity index (χ2v) is 10.7. The third-order valence-electron chi connectivity index (χ3n) is 6.41. The molecule has 1 saturated carbocycles. The largest absolute Gasteiger partial charge is 0.352 e. The van der Waals surface area contributed by atoms with E-state index >= 15 is 0 Å². The van der Waals surface area contributed by atoms with Crippen molar-refractivity contribution in [3.8, 4) is 0 Å². The lowest BCUT2D eigenvalue weighted by molar-refractivity contribution is -0.129. The first kappa shape index (κ1) is 26.8. The standard InChI is InChI=1S/C28H37N3O3S/c1-19(2)17-29-27(33)21-14-15-24(20(3)16-21)30-28(34)23-12-8-9-13-25(23)35-18-26(32)31(4)22-10-6-5-7-11-22/h8-9,12-16,19,22H,5-7,10-11,17-18H2,1-4H3,(H,29,33)(H,30,34). The minimum atomic E-state index is -0.235. The van der Waals surface area contributed by atoms with E-state index in [-0.39, 0.29) is 17.7 Å². The van der Waals surface area contributed by atoms with Crippen LogP contribution in [-0.2, 0) is 4.79 Å². The van der Waals surface area contributed by atoms with Gasteiger partial charge in [-0.1, -0.05) is 45.2 Å². The number of amides is 3. The lowest BCUT2D eigenvalue weighted by Crippen LogP contribution is -2.39. The number of anilines is 1. The molecule has 1 aliphatic rings. The van der Waals surface area contributed by atoms with Crippen LogP contribution in [0, 0.1) is 12.8 Å². The fourth-order valence-corrected chi connectivity index (χ4v) is 5.20. The maximum atomic E-state index is 13.1. The van der Waals surface area contributed by atoms with Gasteiger partial charge >= 0.3 is 0 Å². The number of benzene rings is 2. The van der Waals surface area contributed by atoms with E-state index in [0.29, 0.717) is 41.1 Å². The highest BCUT2D eigenvalue weighted by Gasteiger charge is 2.22. The lowest BCUT2D eigenvalue weighted by Gasteiger charge is -2.31. The number of nitrogens with zero attached hydrogens (tertiary/aromatic N) is 1. The molecule has 2 aromatic rings. The van der Waals surface area contributed by atoms with Crippen molar-refractivity contribution in [2.75, 3.05) is 24.7 Å². The molecule has 0 radical (unpaired) electrons. The van der Waals surface area contributed by atoms with E-state index in [9.17, 15) is 14.4 Å². The Morgan fingerprint density at radius 1 is 1.03 bits per heavy atom. The van der Waals surface area contributed by atoms with E-state index < -0.39 is 0 Å². The van der Waals surface area contributed by atoms with Crippen LogP contribution in [0.2, 0.25) is 0 Å². The molecule has 6 nitrogen and oxygen atoms in total. The van der Waals surface area contributed by atoms with Crippen molar-refractivity contribution < 1.29 is 14.4 Å². The van der Waals surface area contributed by atoms with Crippen molar-refractivity contribution in [1.82, 2.24) is 10.2 Å². The summed E-state index contributed by atoms with van der Waals surface area (Å²) in [5.41, 5.74) is 2.56. The van der Waals surface area contributed by atoms with Gasteiger partial charge in [-0.15, -0.1) is 11.8 Å². The molecule has 0 bridgehead atoms. The molecule has 0 atom stereocenters. The molecule has 2 aromatic carbocycles. The normalized spacial score (nSPS) is 14.0. The molecular formula is C28H37N3O3S. The Morgan fingerprint density at radius 2 is 1.74 bits per heavy atom. The summed E-state index contributed by atoms with van der Waals surface area (Å²) in [7, 11) is 1.90. The zero-order chi connectivity index (χ0) is 25.4. The molecule has 0 aromatic heterocycles. The molecule has 0 spiro atoms. The fourth-order valence-electron chi connectivity index (χ4n) is 4.23. The number of nitrogens with one attached hydrogen (secondary N) is 2. The molecule has 2 N–H and O–H groups in total. The molecule has 0 saturated heterocycles. The van der Waals surface area contributed by atoms with Crippen molar-refractivity contribution in [3.63, 3.8) is 0 Å². The van der Waals surface area contributed by atoms with Crippen LogP contribution in [-0.4, -0.2) is 48.0 Å². The van der Waals surface area contributed by atoms with Gasteiger partial charge in [0.15, 0.2) is 0 Å². The molecule has 7 heteroatoms. The zero-order valence-electron chi connectivity index (χ0n) is 21.2. The Hall–Kier alpha value is -2.80. The van der Waals surface area contributed by atoms with Crippen LogP contribution >= 0.6 is 11.8 Å². The van der Waals surface area contributed by atoms with Gasteiger partial charge in [0.2, 0.25) is 5.91 Å². The summed E-state index contributed by atoms with van der Waals surface area (Å²) in [6.07, 6.45) is 5.76. The lowest BCUT2D eigenvalue weighted by atomic mass is 9.94. The van der Waals surface area contributed by atoms with Crippen molar-refractivity contribution in [2.24, 2.45) is 5.92 Å². The first-order valence-corrected chi connectivity index (χ1v) is 13.4. The summed E-state index contributed by atoms with van der Waals surface area (Å²) in [6, 6.07) is 12.9. The number of rotatable bonds is 9. The Labute approximate surface area is 213 Å². The summed E-state index contributed by atoms with van der Waals surface area (Å²) in [5.74, 6) is 0.417. The Morgan fingerprint density at radius 3 is 2.43 bits per heavy atom. The number of carbonyl (C=O) groups excluding carboxylic acids is 3. The molecule has 0 aliphatic heterocycles. The fraction of sp³-hybridized carbons (Fsp3) is 0.464. The first-order chi connectivity index (χ1) is 16.8. The maximum Gasteiger partial charge on any atom is 0.256 e. The summed E-state index contributed by atoms with van der Waals surface area (Å²) >= 11 is 1.40. The van der Waals surface area contributed by atoms with Crippen LogP contribution in [0.4, 0.5) is 5.69 Å². The predicted octanol–water partition coefficient (Wildman–Crippen LogP) is 5.52. The molecule has 3 amide bonds. The summed E-state index contributed by atoms with van der Waals surface area (Å²) < 4.78 is 0. The van der Waals surface area contributed by atoms with Gasteiger partial charge in [-0.05, 0) is 61.6 Å². The monoisotopic (exact) mass is 495 g/mol. The molecule has 3 rings (SSSR count). The highest BCUT2D eigenvalue weighted by atomic mass is 32.2. The number of thioether (sulfide) groups is 1. The van der Waals surface area contributed by atoms with E-state index in [1.165, 1.54) is 31.0 Å². The molecule has 1 fully saturated rings. The SMILES string of the molecule is Cc1cc(C(=O)NCC(C)C)ccc1NC(=O)c1ccccc1SCC(=O)N(C)C1CCCCC1. The van der Waals surface area contributed by atoms with Gasteiger partial charge in [-0.3, -0.25) is 14.4 Å². The minimum absolute atomic E-state index is 0.0966. The third kappa shape index (κ3) is 7.59. The van der Waals surface area contributed by atoms with Crippen molar-refractivity contribution in [1.29, 1.82) is 0 Å². The van der Waals surface area contributed by atoms with Gasteiger partial charge in [0.25, 0.3) is 11.8 Å². The number of hydrogen-bond donors (Lipinski definition) is 2. The summed E-state index contributed by atoms with van der Waals surface area (Å²) in [4.78, 5) is 40.9. The molecular weight excluding hydrogens is 458 g/mol. The van der Waals surface area contributed by atoms with E-state index in [1.54, 1.807) is 24.3 Å². The number of hydrogen-bond acceptors (Lipinski definition) is 4. The van der Waals surface area contributed by atoms with Crippen LogP contribution in [0.15, 0.2) is 47.4 Å². The molecule has 0 heterocycles. The van der Waals surface area contributed by atoms with Crippen molar-refractivity contribution >= 4 is 35.2 Å².